The fourth-order valence-corrected chi connectivity index (χ4v) is 18.5. The molecular weight excluding hydrogens is 1730 g/mol. The van der Waals surface area contributed by atoms with Gasteiger partial charge in [0.05, 0.1) is 127 Å². The first-order valence-corrected chi connectivity index (χ1v) is 43.4. The Bertz CT molecular complexity index is 6130. The van der Waals surface area contributed by atoms with Crippen LogP contribution in [0.5, 0.6) is 17.2 Å². The second-order valence-electron chi connectivity index (χ2n) is 31.8. The molecule has 127 heavy (non-hydrogen) atoms. The van der Waals surface area contributed by atoms with Crippen molar-refractivity contribution in [3.05, 3.63) is 170 Å². The van der Waals surface area contributed by atoms with Gasteiger partial charge in [-0.3, -0.25) is 68.2 Å². The number of methoxy groups -OCH3 is 3. The maximum Gasteiger partial charge on any atom is 0.261 e. The van der Waals surface area contributed by atoms with Crippen LogP contribution >= 0.6 is 34.8 Å². The van der Waals surface area contributed by atoms with Crippen molar-refractivity contribution in [2.24, 2.45) is 0 Å². The average molecular weight is 1830 g/mol. The number of sulfone groups is 1. The number of H-pyrrole nitrogens is 3. The van der Waals surface area contributed by atoms with E-state index in [0.717, 1.165) is 33.4 Å². The Morgan fingerprint density at radius 3 is 1.23 bits per heavy atom. The van der Waals surface area contributed by atoms with E-state index in [2.05, 4.69) is 70.4 Å². The third-order valence-corrected chi connectivity index (χ3v) is 25.6. The first kappa shape index (κ1) is 92.7. The molecule has 0 radical (unpaired) electrons. The predicted octanol–water partition coefficient (Wildman–Crippen LogP) is 10.1. The van der Waals surface area contributed by atoms with E-state index in [1.54, 1.807) is 91.9 Å². The summed E-state index contributed by atoms with van der Waals surface area (Å²) in [7, 11) is 1.77. The summed E-state index contributed by atoms with van der Waals surface area (Å²) in [6.45, 7) is 21.4. The van der Waals surface area contributed by atoms with E-state index in [4.69, 9.17) is 66.2 Å². The van der Waals surface area contributed by atoms with Gasteiger partial charge in [-0.1, -0.05) is 34.8 Å². The average Bonchev–Trinajstić information content (AvgIpc) is 1.61. The molecule has 3 fully saturated rings. The highest BCUT2D eigenvalue weighted by Crippen LogP contribution is 2.46. The number of alkyl halides is 4. The van der Waals surface area contributed by atoms with Crippen molar-refractivity contribution in [3.63, 3.8) is 0 Å². The summed E-state index contributed by atoms with van der Waals surface area (Å²) in [5.74, 6) is -4.62. The summed E-state index contributed by atoms with van der Waals surface area (Å²) >= 11 is 19.5. The Morgan fingerprint density at radius 1 is 0.512 bits per heavy atom. The molecule has 0 saturated carbocycles. The zero-order chi connectivity index (χ0) is 91.9. The molecule has 672 valence electrons. The topological polar surface area (TPSA) is 449 Å². The van der Waals surface area contributed by atoms with Crippen LogP contribution in [0.15, 0.2) is 30.9 Å². The van der Waals surface area contributed by atoms with Gasteiger partial charge < -0.3 is 61.9 Å². The van der Waals surface area contributed by atoms with Crippen LogP contribution in [0.2, 0.25) is 15.5 Å². The molecular formula is C85H96Cl3F4N23O11S. The second kappa shape index (κ2) is 37.5. The maximum atomic E-state index is 13.9. The number of hydrogen-bond donors (Lipinski definition) is 8. The number of anilines is 6. The zero-order valence-electron chi connectivity index (χ0n) is 72.0. The smallest absolute Gasteiger partial charge is 0.261 e. The van der Waals surface area contributed by atoms with Gasteiger partial charge in [-0.25, -0.2) is 40.9 Å². The highest BCUT2D eigenvalue weighted by Gasteiger charge is 2.44. The number of aromatic amines is 3. The van der Waals surface area contributed by atoms with Crippen LogP contribution in [0.4, 0.5) is 52.9 Å². The normalized spacial score (nSPS) is 17.4. The molecule has 0 aromatic carbocycles. The number of aromatic nitrogens is 12. The Hall–Kier alpha value is -12.0. The van der Waals surface area contributed by atoms with E-state index >= 15 is 0 Å². The van der Waals surface area contributed by atoms with Crippen LogP contribution in [0.1, 0.15) is 157 Å². The van der Waals surface area contributed by atoms with E-state index in [-0.39, 0.29) is 160 Å². The number of carbonyl (C=O) groups is 6. The van der Waals surface area contributed by atoms with Gasteiger partial charge in [-0.15, -0.1) is 0 Å². The lowest BCUT2D eigenvalue weighted by atomic mass is 10.1. The molecule has 15 heterocycles. The van der Waals surface area contributed by atoms with E-state index in [1.807, 2.05) is 51.3 Å². The van der Waals surface area contributed by atoms with Crippen LogP contribution in [0.3, 0.4) is 0 Å². The molecule has 6 aliphatic heterocycles. The van der Waals surface area contributed by atoms with Gasteiger partial charge in [0, 0.05) is 170 Å². The lowest BCUT2D eigenvalue weighted by Gasteiger charge is -2.31. The quantitative estimate of drug-likeness (QED) is 0.0128. The largest absolute Gasteiger partial charge is 0.496 e. The standard InChI is InChI=1S/C30H35ClF2N8O3.C29H35ClN8O5S.C26H26ClF2N7O3/c1-15-13-36-21(17(3)24(15)44-5)14-41-26-23(25(31)38-29(34)39-26)19(28(41)43)12-20-16(2)22(18(4)37-20)27(42)35-8-11-40-9-6-30(32,33)7-10-40;1-15-13-33-21(17(3)24(15)43-5)14-38-26-23(25(30)35-29(31)36-26)19(28(38)40)12-20-16(2)22(18(4)34-20)27(39)32-6-7-37-8-10-44(41,42)11-9-37;1-13-8-32-18(14(2)21(13)39-3)10-36-23-20(22(27)33-25(30)34-23)17(24(36)38)7-16-6-15(9-31-16)19(37)11-35-5-4-26(28,29)12-35/h12-13,37H,6-11,14H2,1-5H3,(H,35,42)(H2,34,38,39);12-13,34H,6-11,14H2,1-5H3,(H,32,39)(H2,31,35,36);6-9,31H,4-5,10-12H2,1-3H3,(H2,30,33,34)/b2*19-12-;17-7-. The minimum Gasteiger partial charge on any atom is -0.496 e. The van der Waals surface area contributed by atoms with Crippen LogP contribution in [-0.2, 0) is 43.9 Å². The Morgan fingerprint density at radius 2 is 0.866 bits per heavy atom. The van der Waals surface area contributed by atoms with Crippen molar-refractivity contribution in [2.45, 2.75) is 120 Å². The van der Waals surface area contributed by atoms with E-state index < -0.39 is 34.1 Å². The number of nitrogens with two attached hydrogens (primary N) is 3. The SMILES string of the molecule is COc1c(C)cnc(CN2C(=O)/C(=C\c3[nH]c(C)c(C(=O)NCCN4CCC(F)(F)CC4)c3C)c3c(Cl)nc(N)nc32)c1C.COc1c(C)cnc(CN2C(=O)/C(=C\c3[nH]c(C)c(C(=O)NCCN4CCS(=O)(=O)CC4)c3C)c3c(Cl)nc(N)nc32)c1C.COc1c(C)cnc(CN2C(=O)/C(=C\c3cc(C(=O)CN4CCC(F)(F)C4)c[nH]3)c3c(Cl)nc(N)nc32)c1C. The minimum absolute atomic E-state index is 0.00332. The third-order valence-electron chi connectivity index (χ3n) is 23.1. The highest BCUT2D eigenvalue weighted by molar-refractivity contribution is 7.91. The lowest BCUT2D eigenvalue weighted by Crippen LogP contribution is -2.43. The number of pyridine rings is 3. The number of nitrogens with zero attached hydrogens (tertiary/aromatic N) is 15. The van der Waals surface area contributed by atoms with E-state index in [1.165, 1.54) is 25.8 Å². The Labute approximate surface area is 743 Å². The van der Waals surface area contributed by atoms with Gasteiger partial charge in [-0.05, 0) is 105 Å². The predicted molar refractivity (Wildman–Crippen MR) is 474 cm³/mol. The van der Waals surface area contributed by atoms with Crippen molar-refractivity contribution in [2.75, 3.05) is 137 Å². The third kappa shape index (κ3) is 19.8. The fourth-order valence-electron chi connectivity index (χ4n) is 16.4. The summed E-state index contributed by atoms with van der Waals surface area (Å²) in [5.41, 5.74) is 31.4. The summed E-state index contributed by atoms with van der Waals surface area (Å²) in [6.07, 6.45) is 10.7. The summed E-state index contributed by atoms with van der Waals surface area (Å²) in [4.78, 5) is 138. The second-order valence-corrected chi connectivity index (χ2v) is 35.2. The van der Waals surface area contributed by atoms with Crippen molar-refractivity contribution < 1.29 is 69.0 Å². The number of amides is 5. The zero-order valence-corrected chi connectivity index (χ0v) is 75.1. The maximum absolute atomic E-state index is 13.9. The molecule has 0 aliphatic carbocycles. The van der Waals surface area contributed by atoms with Crippen LogP contribution in [-0.4, -0.2) is 235 Å². The number of nitrogen functional groups attached to an aromatic ring is 3. The van der Waals surface area contributed by atoms with Gasteiger partial charge in [0.25, 0.3) is 41.4 Å². The Balaban J connectivity index is 0.000000163. The molecule has 3 saturated heterocycles. The molecule has 0 unspecified atom stereocenters. The number of hydrogen-bond acceptors (Lipinski definition) is 26. The summed E-state index contributed by atoms with van der Waals surface area (Å²) in [5, 5.41) is 5.88. The van der Waals surface area contributed by atoms with Crippen molar-refractivity contribution in [3.8, 4) is 17.2 Å². The minimum atomic E-state index is -2.97. The van der Waals surface area contributed by atoms with Crippen molar-refractivity contribution >= 4 is 150 Å². The fraction of sp³-hybridized carbons (Fsp3) is 0.400. The van der Waals surface area contributed by atoms with Gasteiger partial charge in [0.2, 0.25) is 17.8 Å². The van der Waals surface area contributed by atoms with Crippen molar-refractivity contribution in [1.82, 2.24) is 85.1 Å². The molecule has 0 bridgehead atoms. The molecule has 11 N–H and O–H groups in total. The molecule has 6 aliphatic rings. The number of aryl methyl sites for hydroxylation is 5. The molecule has 5 amide bonds. The molecule has 42 heteroatoms. The monoisotopic (exact) mass is 1830 g/mol. The molecule has 0 atom stereocenters. The molecule has 15 rings (SSSR count). The van der Waals surface area contributed by atoms with E-state index in [9.17, 15) is 54.7 Å². The van der Waals surface area contributed by atoms with Gasteiger partial charge in [-0.2, -0.15) is 15.0 Å². The molecule has 9 aromatic rings. The summed E-state index contributed by atoms with van der Waals surface area (Å²) in [6, 6.07) is 1.56. The van der Waals surface area contributed by atoms with Gasteiger partial charge in [0.15, 0.2) is 33.1 Å². The molecule has 9 aromatic heterocycles. The number of fused-ring (bicyclic) bond motifs is 3. The van der Waals surface area contributed by atoms with Gasteiger partial charge in [0.1, 0.15) is 32.7 Å². The van der Waals surface area contributed by atoms with Crippen molar-refractivity contribution in [1.29, 1.82) is 0 Å². The molecule has 0 spiro atoms. The summed E-state index contributed by atoms with van der Waals surface area (Å²) < 4.78 is 93.8. The van der Waals surface area contributed by atoms with Crippen LogP contribution in [0.25, 0.3) is 34.9 Å². The number of carbonyl (C=O) groups excluding carboxylic acids is 6. The first-order valence-electron chi connectivity index (χ1n) is 40.5. The van der Waals surface area contributed by atoms with E-state index in [0.29, 0.717) is 160 Å². The number of ether oxygens (including phenoxy) is 3. The number of rotatable bonds is 23. The number of Topliss-reactive ketones (excluding diaryl/α,β-unsaturated/α-hetero) is 1. The number of likely N-dealkylation sites (tertiary alicyclic amines) is 2. The number of nitrogens with one attached hydrogen (secondary N) is 5. The highest BCUT2D eigenvalue weighted by atomic mass is 35.5. The van der Waals surface area contributed by atoms with Gasteiger partial charge >= 0.3 is 0 Å². The number of ketones is 1. The number of piperidine rings is 1. The number of halogens is 7. The lowest BCUT2D eigenvalue weighted by molar-refractivity contribution is -0.113. The Kier molecular flexibility index (Phi) is 27.4. The van der Waals surface area contributed by atoms with Crippen LogP contribution in [0, 0.1) is 69.2 Å². The molecule has 34 nitrogen and oxygen atoms in total. The van der Waals surface area contributed by atoms with Crippen LogP contribution < -0.4 is 56.7 Å². The first-order chi connectivity index (χ1) is 60.1.